The molecule has 7 nitrogen and oxygen atoms in total. The summed E-state index contributed by atoms with van der Waals surface area (Å²) >= 11 is 0. The lowest BCUT2D eigenvalue weighted by molar-refractivity contribution is 0.577. The number of aromatic nitrogens is 3. The zero-order chi connectivity index (χ0) is 18.2. The van der Waals surface area contributed by atoms with Crippen LogP contribution in [0.2, 0.25) is 0 Å². The van der Waals surface area contributed by atoms with Crippen LogP contribution in [-0.2, 0) is 6.42 Å². The first-order valence-electron chi connectivity index (χ1n) is 8.81. The third-order valence-electron chi connectivity index (χ3n) is 3.89. The van der Waals surface area contributed by atoms with Crippen molar-refractivity contribution in [3.63, 3.8) is 0 Å². The van der Waals surface area contributed by atoms with E-state index in [0.717, 1.165) is 18.3 Å². The van der Waals surface area contributed by atoms with Crippen molar-refractivity contribution in [1.29, 1.82) is 0 Å². The van der Waals surface area contributed by atoms with Crippen molar-refractivity contribution < 1.29 is 4.42 Å². The molecule has 8 heteroatoms. The van der Waals surface area contributed by atoms with E-state index in [-0.39, 0.29) is 30.0 Å². The molecule has 0 aliphatic heterocycles. The molecule has 144 valence electrons. The zero-order valence-electron chi connectivity index (χ0n) is 15.5. The minimum absolute atomic E-state index is 0. The van der Waals surface area contributed by atoms with Gasteiger partial charge in [-0.3, -0.25) is 10.1 Å². The van der Waals surface area contributed by atoms with Crippen molar-refractivity contribution in [1.82, 2.24) is 25.8 Å². The van der Waals surface area contributed by atoms with Gasteiger partial charge < -0.3 is 15.1 Å². The minimum Gasteiger partial charge on any atom is -0.461 e. The van der Waals surface area contributed by atoms with Gasteiger partial charge in [0.25, 0.3) is 0 Å². The second-order valence-electron chi connectivity index (χ2n) is 5.87. The molecule has 0 aliphatic rings. The number of nitrogens with zero attached hydrogens (tertiary/aromatic N) is 3. The number of furan rings is 1. The Balaban J connectivity index is 0.00000261. The summed E-state index contributed by atoms with van der Waals surface area (Å²) in [7, 11) is 0. The minimum atomic E-state index is 0. The van der Waals surface area contributed by atoms with Gasteiger partial charge in [0.15, 0.2) is 11.7 Å². The normalized spacial score (nSPS) is 12.3. The number of hydrogen-bond acceptors (Lipinski definition) is 4. The zero-order valence-corrected chi connectivity index (χ0v) is 17.8. The van der Waals surface area contributed by atoms with Crippen LogP contribution in [0.4, 0.5) is 0 Å². The molecule has 0 bridgehead atoms. The molecule has 1 atom stereocenters. The van der Waals surface area contributed by atoms with E-state index >= 15 is 0 Å². The van der Waals surface area contributed by atoms with E-state index in [1.807, 2.05) is 30.3 Å². The Morgan fingerprint density at radius 1 is 1.22 bits per heavy atom. The molecule has 0 saturated carbocycles. The number of aromatic amines is 1. The molecule has 0 fully saturated rings. The second-order valence-corrected chi connectivity index (χ2v) is 5.87. The van der Waals surface area contributed by atoms with Crippen LogP contribution in [0.25, 0.3) is 11.6 Å². The highest BCUT2D eigenvalue weighted by Crippen LogP contribution is 2.14. The largest absolute Gasteiger partial charge is 0.461 e. The van der Waals surface area contributed by atoms with E-state index in [9.17, 15) is 0 Å². The molecule has 3 rings (SSSR count). The van der Waals surface area contributed by atoms with Crippen LogP contribution in [0.1, 0.15) is 31.3 Å². The van der Waals surface area contributed by atoms with Gasteiger partial charge in [-0.2, -0.15) is 5.10 Å². The topological polar surface area (TPSA) is 91.1 Å². The molecule has 27 heavy (non-hydrogen) atoms. The van der Waals surface area contributed by atoms with Crippen LogP contribution in [0, 0.1) is 0 Å². The van der Waals surface area contributed by atoms with E-state index in [2.05, 4.69) is 56.8 Å². The van der Waals surface area contributed by atoms with Crippen LogP contribution in [0.5, 0.6) is 0 Å². The highest BCUT2D eigenvalue weighted by molar-refractivity contribution is 14.0. The van der Waals surface area contributed by atoms with Gasteiger partial charge >= 0.3 is 0 Å². The summed E-state index contributed by atoms with van der Waals surface area (Å²) in [5.41, 5.74) is 1.22. The van der Waals surface area contributed by atoms with Crippen LogP contribution >= 0.6 is 24.0 Å². The van der Waals surface area contributed by atoms with Crippen molar-refractivity contribution >= 4 is 29.9 Å². The van der Waals surface area contributed by atoms with E-state index in [4.69, 9.17) is 4.42 Å². The molecule has 0 aliphatic carbocycles. The molecule has 3 aromatic rings. The standard InChI is InChI=1S/C19H24N6O.HI/c1-3-20-19(22-14(2)15-8-5-4-6-9-15)21-12-11-17-23-18(25-24-17)16-10-7-13-26-16;/h4-10,13-14H,3,11-12H2,1-2H3,(H2,20,21,22)(H,23,24,25);1H. The average Bonchev–Trinajstić information content (AvgIpc) is 3.34. The summed E-state index contributed by atoms with van der Waals surface area (Å²) in [6.07, 6.45) is 2.28. The Bertz CT molecular complexity index is 816. The number of guanidine groups is 1. The molecular formula is C19H25IN6O. The molecule has 0 radical (unpaired) electrons. The summed E-state index contributed by atoms with van der Waals surface area (Å²) < 4.78 is 5.30. The van der Waals surface area contributed by atoms with Crippen molar-refractivity contribution in [3.05, 3.63) is 60.1 Å². The third-order valence-corrected chi connectivity index (χ3v) is 3.89. The summed E-state index contributed by atoms with van der Waals surface area (Å²) in [5, 5.41) is 13.8. The second kappa shape index (κ2) is 10.7. The SMILES string of the molecule is CCNC(=NCCc1nc(-c2ccco2)n[nH]1)NC(C)c1ccccc1.I. The molecule has 2 aromatic heterocycles. The number of rotatable bonds is 7. The first-order chi connectivity index (χ1) is 12.8. The van der Waals surface area contributed by atoms with Crippen LogP contribution in [0.15, 0.2) is 58.1 Å². The Morgan fingerprint density at radius 2 is 2.04 bits per heavy atom. The lowest BCUT2D eigenvalue weighted by atomic mass is 10.1. The van der Waals surface area contributed by atoms with Crippen LogP contribution in [-0.4, -0.2) is 34.2 Å². The van der Waals surface area contributed by atoms with Gasteiger partial charge in [-0.05, 0) is 31.5 Å². The fourth-order valence-electron chi connectivity index (χ4n) is 2.55. The van der Waals surface area contributed by atoms with Gasteiger partial charge in [0, 0.05) is 19.5 Å². The van der Waals surface area contributed by atoms with Crippen molar-refractivity contribution in [2.45, 2.75) is 26.3 Å². The van der Waals surface area contributed by atoms with E-state index in [1.165, 1.54) is 5.56 Å². The number of H-pyrrole nitrogens is 1. The molecule has 1 unspecified atom stereocenters. The number of halogens is 1. The number of benzene rings is 1. The van der Waals surface area contributed by atoms with Gasteiger partial charge in [0.2, 0.25) is 5.82 Å². The molecule has 0 amide bonds. The van der Waals surface area contributed by atoms with Crippen LogP contribution < -0.4 is 10.6 Å². The number of aliphatic imine (C=N–C) groups is 1. The lowest BCUT2D eigenvalue weighted by Gasteiger charge is -2.18. The Hall–Kier alpha value is -2.36. The predicted octanol–water partition coefficient (Wildman–Crippen LogP) is 3.54. The molecule has 2 heterocycles. The molecular weight excluding hydrogens is 455 g/mol. The maximum atomic E-state index is 5.30. The molecule has 3 N–H and O–H groups in total. The van der Waals surface area contributed by atoms with Gasteiger partial charge in [0.05, 0.1) is 12.3 Å². The summed E-state index contributed by atoms with van der Waals surface area (Å²) in [4.78, 5) is 9.06. The van der Waals surface area contributed by atoms with Gasteiger partial charge in [0.1, 0.15) is 5.82 Å². The highest BCUT2D eigenvalue weighted by Gasteiger charge is 2.09. The van der Waals surface area contributed by atoms with E-state index in [0.29, 0.717) is 24.6 Å². The monoisotopic (exact) mass is 480 g/mol. The van der Waals surface area contributed by atoms with Crippen molar-refractivity contribution in [2.24, 2.45) is 4.99 Å². The fraction of sp³-hybridized carbons (Fsp3) is 0.316. The summed E-state index contributed by atoms with van der Waals surface area (Å²) in [6.45, 7) is 5.58. The maximum absolute atomic E-state index is 5.30. The summed E-state index contributed by atoms with van der Waals surface area (Å²) in [5.74, 6) is 2.79. The number of nitrogens with one attached hydrogen (secondary N) is 3. The van der Waals surface area contributed by atoms with Gasteiger partial charge in [-0.15, -0.1) is 24.0 Å². The van der Waals surface area contributed by atoms with Gasteiger partial charge in [-0.1, -0.05) is 30.3 Å². The van der Waals surface area contributed by atoms with Gasteiger partial charge in [-0.25, -0.2) is 4.98 Å². The maximum Gasteiger partial charge on any atom is 0.216 e. The number of hydrogen-bond donors (Lipinski definition) is 3. The quantitative estimate of drug-likeness (QED) is 0.274. The molecule has 0 saturated heterocycles. The van der Waals surface area contributed by atoms with E-state index < -0.39 is 0 Å². The Morgan fingerprint density at radius 3 is 2.74 bits per heavy atom. The first kappa shape index (κ1) is 20.9. The molecule has 0 spiro atoms. The predicted molar refractivity (Wildman–Crippen MR) is 117 cm³/mol. The Kier molecular flexibility index (Phi) is 8.31. The highest BCUT2D eigenvalue weighted by atomic mass is 127. The molecule has 1 aromatic carbocycles. The Labute approximate surface area is 176 Å². The fourth-order valence-corrected chi connectivity index (χ4v) is 2.55. The van der Waals surface area contributed by atoms with Crippen LogP contribution in [0.3, 0.4) is 0 Å². The summed E-state index contributed by atoms with van der Waals surface area (Å²) in [6, 6.07) is 14.1. The average molecular weight is 480 g/mol. The van der Waals surface area contributed by atoms with E-state index in [1.54, 1.807) is 6.26 Å². The van der Waals surface area contributed by atoms with Crippen molar-refractivity contribution in [2.75, 3.05) is 13.1 Å². The smallest absolute Gasteiger partial charge is 0.216 e. The third kappa shape index (κ3) is 6.09. The lowest BCUT2D eigenvalue weighted by Crippen LogP contribution is -2.38. The first-order valence-corrected chi connectivity index (χ1v) is 8.81. The van der Waals surface area contributed by atoms with Crippen molar-refractivity contribution in [3.8, 4) is 11.6 Å².